The first-order valence-corrected chi connectivity index (χ1v) is 4.68. The molecule has 1 aromatic heterocycles. The molecule has 4 nitrogen and oxygen atoms in total. The number of carbonyl (C=O) groups excluding carboxylic acids is 1. The molecule has 0 bridgehead atoms. The Morgan fingerprint density at radius 3 is 3.13 bits per heavy atom. The standard InChI is InChI=1S/C11H14N2O2/c1-9-5-3-6-11(12-9)10(2)13-15-8-4-7-14/h3,5-7,13H,2,4,8H2,1H3. The molecule has 0 radical (unpaired) electrons. The van der Waals surface area contributed by atoms with Gasteiger partial charge in [0.05, 0.1) is 18.0 Å². The predicted octanol–water partition coefficient (Wildman–Crippen LogP) is 1.47. The van der Waals surface area contributed by atoms with E-state index in [1.165, 1.54) is 0 Å². The molecule has 0 saturated heterocycles. The second-order valence-corrected chi connectivity index (χ2v) is 3.05. The van der Waals surface area contributed by atoms with Gasteiger partial charge in [0.15, 0.2) is 0 Å². The molecule has 0 amide bonds. The summed E-state index contributed by atoms with van der Waals surface area (Å²) in [5.74, 6) is 0. The van der Waals surface area contributed by atoms with Crippen molar-refractivity contribution in [3.8, 4) is 0 Å². The molecule has 0 aliphatic carbocycles. The van der Waals surface area contributed by atoms with Gasteiger partial charge in [0.2, 0.25) is 0 Å². The Morgan fingerprint density at radius 2 is 2.47 bits per heavy atom. The molecule has 0 aliphatic rings. The molecular formula is C11H14N2O2. The van der Waals surface area contributed by atoms with Crippen molar-refractivity contribution >= 4 is 12.0 Å². The number of hydrogen-bond donors (Lipinski definition) is 1. The van der Waals surface area contributed by atoms with Crippen LogP contribution in [0.4, 0.5) is 0 Å². The van der Waals surface area contributed by atoms with E-state index >= 15 is 0 Å². The van der Waals surface area contributed by atoms with Crippen LogP contribution in [0.15, 0.2) is 24.8 Å². The Morgan fingerprint density at radius 1 is 1.67 bits per heavy atom. The summed E-state index contributed by atoms with van der Waals surface area (Å²) in [6.07, 6.45) is 1.16. The van der Waals surface area contributed by atoms with Gasteiger partial charge < -0.3 is 4.79 Å². The Kier molecular flexibility index (Phi) is 4.50. The van der Waals surface area contributed by atoms with Crippen LogP contribution in [-0.2, 0) is 9.63 Å². The van der Waals surface area contributed by atoms with E-state index in [1.807, 2.05) is 25.1 Å². The molecule has 4 heteroatoms. The molecule has 80 valence electrons. The zero-order valence-electron chi connectivity index (χ0n) is 8.69. The van der Waals surface area contributed by atoms with Crippen LogP contribution >= 0.6 is 0 Å². The minimum atomic E-state index is 0.328. The van der Waals surface area contributed by atoms with Crippen LogP contribution in [0.2, 0.25) is 0 Å². The van der Waals surface area contributed by atoms with Crippen LogP contribution in [-0.4, -0.2) is 17.9 Å². The minimum absolute atomic E-state index is 0.328. The topological polar surface area (TPSA) is 51.2 Å². The summed E-state index contributed by atoms with van der Waals surface area (Å²) in [6, 6.07) is 5.64. The molecule has 0 aromatic carbocycles. The van der Waals surface area contributed by atoms with E-state index in [1.54, 1.807) is 0 Å². The lowest BCUT2D eigenvalue weighted by atomic mass is 10.3. The maximum absolute atomic E-state index is 10.0. The lowest BCUT2D eigenvalue weighted by Gasteiger charge is -2.08. The van der Waals surface area contributed by atoms with Gasteiger partial charge in [-0.3, -0.25) is 15.3 Å². The summed E-state index contributed by atoms with van der Waals surface area (Å²) in [5, 5.41) is 0. The first-order chi connectivity index (χ1) is 7.24. The molecule has 0 fully saturated rings. The molecule has 0 atom stereocenters. The van der Waals surface area contributed by atoms with Crippen LogP contribution in [0, 0.1) is 6.92 Å². The maximum Gasteiger partial charge on any atom is 0.122 e. The van der Waals surface area contributed by atoms with E-state index in [2.05, 4.69) is 17.0 Å². The van der Waals surface area contributed by atoms with E-state index in [4.69, 9.17) is 4.84 Å². The van der Waals surface area contributed by atoms with Crippen molar-refractivity contribution in [3.63, 3.8) is 0 Å². The number of hydroxylamine groups is 1. The summed E-state index contributed by atoms with van der Waals surface area (Å²) >= 11 is 0. The highest BCUT2D eigenvalue weighted by Crippen LogP contribution is 2.06. The smallest absolute Gasteiger partial charge is 0.122 e. The second kappa shape index (κ2) is 5.93. The van der Waals surface area contributed by atoms with Gasteiger partial charge in [-0.25, -0.2) is 0 Å². The number of nitrogens with one attached hydrogen (secondary N) is 1. The average molecular weight is 206 g/mol. The summed E-state index contributed by atoms with van der Waals surface area (Å²) < 4.78 is 0. The van der Waals surface area contributed by atoms with Gasteiger partial charge >= 0.3 is 0 Å². The number of nitrogens with zero attached hydrogens (tertiary/aromatic N) is 1. The van der Waals surface area contributed by atoms with Gasteiger partial charge in [0.25, 0.3) is 0 Å². The van der Waals surface area contributed by atoms with Crippen LogP contribution in [0.5, 0.6) is 0 Å². The van der Waals surface area contributed by atoms with Gasteiger partial charge in [-0.1, -0.05) is 12.6 Å². The number of aryl methyl sites for hydroxylation is 1. The van der Waals surface area contributed by atoms with E-state index in [0.29, 0.717) is 18.7 Å². The highest BCUT2D eigenvalue weighted by Gasteiger charge is 1.99. The molecule has 1 heterocycles. The molecule has 0 unspecified atom stereocenters. The van der Waals surface area contributed by atoms with Crippen LogP contribution < -0.4 is 5.48 Å². The third-order valence-electron chi connectivity index (χ3n) is 1.73. The lowest BCUT2D eigenvalue weighted by molar-refractivity contribution is -0.109. The van der Waals surface area contributed by atoms with E-state index in [-0.39, 0.29) is 0 Å². The first-order valence-electron chi connectivity index (χ1n) is 4.68. The summed E-state index contributed by atoms with van der Waals surface area (Å²) in [7, 11) is 0. The van der Waals surface area contributed by atoms with Gasteiger partial charge in [0, 0.05) is 12.1 Å². The first kappa shape index (κ1) is 11.4. The number of aromatic nitrogens is 1. The van der Waals surface area contributed by atoms with Gasteiger partial charge in [-0.15, -0.1) is 0 Å². The number of aldehydes is 1. The van der Waals surface area contributed by atoms with Crippen molar-refractivity contribution in [1.29, 1.82) is 0 Å². The van der Waals surface area contributed by atoms with Crippen molar-refractivity contribution in [2.24, 2.45) is 0 Å². The number of carbonyl (C=O) groups is 1. The fourth-order valence-electron chi connectivity index (χ4n) is 1.01. The lowest BCUT2D eigenvalue weighted by Crippen LogP contribution is -2.14. The average Bonchev–Trinajstić information content (AvgIpc) is 2.24. The van der Waals surface area contributed by atoms with Gasteiger partial charge in [-0.2, -0.15) is 0 Å². The van der Waals surface area contributed by atoms with Gasteiger partial charge in [0.1, 0.15) is 6.29 Å². The normalized spacial score (nSPS) is 9.67. The van der Waals surface area contributed by atoms with Crippen LogP contribution in [0.3, 0.4) is 0 Å². The molecule has 0 saturated carbocycles. The quantitative estimate of drug-likeness (QED) is 0.435. The monoisotopic (exact) mass is 206 g/mol. The Balaban J connectivity index is 2.43. The summed E-state index contributed by atoms with van der Waals surface area (Å²) in [5.41, 5.74) is 4.89. The molecule has 0 spiro atoms. The molecule has 1 rings (SSSR count). The molecular weight excluding hydrogens is 192 g/mol. The van der Waals surface area contributed by atoms with Crippen molar-refractivity contribution in [2.75, 3.05) is 6.61 Å². The van der Waals surface area contributed by atoms with Crippen LogP contribution in [0.25, 0.3) is 5.70 Å². The molecule has 1 aromatic rings. The van der Waals surface area contributed by atoms with E-state index in [0.717, 1.165) is 17.7 Å². The Hall–Kier alpha value is -1.68. The van der Waals surface area contributed by atoms with Crippen molar-refractivity contribution < 1.29 is 9.63 Å². The van der Waals surface area contributed by atoms with Gasteiger partial charge in [-0.05, 0) is 19.1 Å². The summed E-state index contributed by atoms with van der Waals surface area (Å²) in [6.45, 7) is 6.01. The Bertz CT molecular complexity index is 350. The fraction of sp³-hybridized carbons (Fsp3) is 0.273. The highest BCUT2D eigenvalue weighted by atomic mass is 16.6. The SMILES string of the molecule is C=C(NOCCC=O)c1cccc(C)n1. The predicted molar refractivity (Wildman–Crippen MR) is 57.8 cm³/mol. The largest absolute Gasteiger partial charge is 0.303 e. The van der Waals surface area contributed by atoms with E-state index in [9.17, 15) is 4.79 Å². The molecule has 0 aliphatic heterocycles. The van der Waals surface area contributed by atoms with Crippen molar-refractivity contribution in [2.45, 2.75) is 13.3 Å². The second-order valence-electron chi connectivity index (χ2n) is 3.05. The number of pyridine rings is 1. The number of hydrogen-bond acceptors (Lipinski definition) is 4. The molecule has 1 N–H and O–H groups in total. The Labute approximate surface area is 88.9 Å². The minimum Gasteiger partial charge on any atom is -0.303 e. The van der Waals surface area contributed by atoms with E-state index < -0.39 is 0 Å². The maximum atomic E-state index is 10.0. The van der Waals surface area contributed by atoms with Crippen molar-refractivity contribution in [3.05, 3.63) is 36.2 Å². The zero-order chi connectivity index (χ0) is 11.1. The highest BCUT2D eigenvalue weighted by molar-refractivity contribution is 5.57. The molecule has 15 heavy (non-hydrogen) atoms. The zero-order valence-corrected chi connectivity index (χ0v) is 8.69. The summed E-state index contributed by atoms with van der Waals surface area (Å²) in [4.78, 5) is 19.3. The van der Waals surface area contributed by atoms with Crippen molar-refractivity contribution in [1.82, 2.24) is 10.5 Å². The van der Waals surface area contributed by atoms with Crippen LogP contribution in [0.1, 0.15) is 17.8 Å². The third-order valence-corrected chi connectivity index (χ3v) is 1.73. The fourth-order valence-corrected chi connectivity index (χ4v) is 1.01. The third kappa shape index (κ3) is 3.91. The number of rotatable bonds is 6.